The third kappa shape index (κ3) is 2.77. The van der Waals surface area contributed by atoms with Crippen molar-refractivity contribution < 1.29 is 9.72 Å². The molecule has 3 aromatic rings. The fourth-order valence-corrected chi connectivity index (χ4v) is 2.15. The van der Waals surface area contributed by atoms with Crippen LogP contribution in [0.5, 0.6) is 0 Å². The molecule has 0 radical (unpaired) electrons. The first-order valence-corrected chi connectivity index (χ1v) is 6.44. The molecule has 2 N–H and O–H groups in total. The van der Waals surface area contributed by atoms with Gasteiger partial charge in [-0.3, -0.25) is 4.79 Å². The van der Waals surface area contributed by atoms with E-state index in [1.165, 1.54) is 0 Å². The summed E-state index contributed by atoms with van der Waals surface area (Å²) in [4.78, 5) is 28.4. The summed E-state index contributed by atoms with van der Waals surface area (Å²) in [5.41, 5.74) is 2.67. The molecule has 0 aliphatic carbocycles. The van der Waals surface area contributed by atoms with Crippen molar-refractivity contribution in [2.45, 2.75) is 13.5 Å². The Morgan fingerprint density at radius 3 is 3.00 bits per heavy atom. The molecule has 0 bridgehead atoms. The predicted molar refractivity (Wildman–Crippen MR) is 78.3 cm³/mol. The number of benzene rings is 1. The molecule has 22 heavy (non-hydrogen) atoms. The zero-order valence-corrected chi connectivity index (χ0v) is 11.6. The van der Waals surface area contributed by atoms with Crippen LogP contribution in [0.15, 0.2) is 30.6 Å². The number of fused-ring (bicyclic) bond motifs is 1. The van der Waals surface area contributed by atoms with Crippen LogP contribution in [0, 0.1) is 17.0 Å². The van der Waals surface area contributed by atoms with Gasteiger partial charge >= 0.3 is 5.95 Å². The van der Waals surface area contributed by atoms with Gasteiger partial charge in [0.05, 0.1) is 0 Å². The zero-order valence-electron chi connectivity index (χ0n) is 11.6. The summed E-state index contributed by atoms with van der Waals surface area (Å²) in [7, 11) is 0. The van der Waals surface area contributed by atoms with E-state index in [0.29, 0.717) is 5.69 Å². The molecule has 0 atom stereocenters. The lowest BCUT2D eigenvalue weighted by atomic mass is 10.2. The number of carbonyl (C=O) groups is 1. The van der Waals surface area contributed by atoms with Gasteiger partial charge in [-0.1, -0.05) is 4.98 Å². The minimum atomic E-state index is -0.712. The van der Waals surface area contributed by atoms with Crippen molar-refractivity contribution in [2.75, 3.05) is 5.32 Å². The molecule has 2 aromatic heterocycles. The molecule has 0 aliphatic heterocycles. The van der Waals surface area contributed by atoms with Crippen LogP contribution in [-0.2, 0) is 11.3 Å². The lowest BCUT2D eigenvalue weighted by Crippen LogP contribution is -2.19. The second-order valence-electron chi connectivity index (χ2n) is 4.80. The summed E-state index contributed by atoms with van der Waals surface area (Å²) in [5, 5.41) is 17.8. The Labute approximate surface area is 124 Å². The van der Waals surface area contributed by atoms with Gasteiger partial charge in [0.25, 0.3) is 0 Å². The Bertz CT molecular complexity index is 866. The van der Waals surface area contributed by atoms with E-state index < -0.39 is 10.9 Å². The molecular weight excluding hydrogens is 288 g/mol. The van der Waals surface area contributed by atoms with E-state index in [9.17, 15) is 14.9 Å². The van der Waals surface area contributed by atoms with Crippen molar-refractivity contribution >= 4 is 28.4 Å². The third-order valence-electron chi connectivity index (χ3n) is 3.03. The number of carbonyl (C=O) groups excluding carboxylic acids is 1. The summed E-state index contributed by atoms with van der Waals surface area (Å²) >= 11 is 0. The van der Waals surface area contributed by atoms with Crippen LogP contribution in [0.25, 0.3) is 10.9 Å². The van der Waals surface area contributed by atoms with Crippen LogP contribution in [0.1, 0.15) is 5.69 Å². The highest BCUT2D eigenvalue weighted by molar-refractivity contribution is 5.93. The Morgan fingerprint density at radius 2 is 2.27 bits per heavy atom. The lowest BCUT2D eigenvalue weighted by Gasteiger charge is -2.04. The first kappa shape index (κ1) is 13.7. The molecule has 112 valence electrons. The maximum Gasteiger partial charge on any atom is 0.490 e. The Balaban J connectivity index is 1.70. The van der Waals surface area contributed by atoms with Crippen molar-refractivity contribution in [3.63, 3.8) is 0 Å². The van der Waals surface area contributed by atoms with Crippen LogP contribution in [0.2, 0.25) is 0 Å². The summed E-state index contributed by atoms with van der Waals surface area (Å²) in [5.74, 6) is -0.872. The number of hydrogen-bond acceptors (Lipinski definition) is 5. The van der Waals surface area contributed by atoms with Crippen LogP contribution < -0.4 is 5.32 Å². The highest BCUT2D eigenvalue weighted by Gasteiger charge is 2.15. The summed E-state index contributed by atoms with van der Waals surface area (Å²) in [6.45, 7) is 1.81. The van der Waals surface area contributed by atoms with Gasteiger partial charge in [0, 0.05) is 27.4 Å². The average Bonchev–Trinajstić information content (AvgIpc) is 3.03. The van der Waals surface area contributed by atoms with E-state index in [4.69, 9.17) is 0 Å². The van der Waals surface area contributed by atoms with E-state index >= 15 is 0 Å². The van der Waals surface area contributed by atoms with Crippen molar-refractivity contribution in [3.05, 3.63) is 46.4 Å². The maximum atomic E-state index is 11.9. The molecule has 0 saturated carbocycles. The molecule has 0 aliphatic rings. The number of hydrogen-bond donors (Lipinski definition) is 2. The predicted octanol–water partition coefficient (Wildman–Crippen LogP) is 1.61. The number of amides is 1. The number of aromatic nitrogens is 4. The van der Waals surface area contributed by atoms with Gasteiger partial charge in [-0.05, 0) is 36.1 Å². The molecule has 1 aromatic carbocycles. The zero-order chi connectivity index (χ0) is 15.7. The second kappa shape index (κ2) is 5.28. The van der Waals surface area contributed by atoms with Crippen molar-refractivity contribution in [2.24, 2.45) is 0 Å². The van der Waals surface area contributed by atoms with Crippen LogP contribution in [0.3, 0.4) is 0 Å². The van der Waals surface area contributed by atoms with Gasteiger partial charge < -0.3 is 20.4 Å². The molecule has 9 nitrogen and oxygen atoms in total. The monoisotopic (exact) mass is 300 g/mol. The van der Waals surface area contributed by atoms with Gasteiger partial charge in [0.2, 0.25) is 12.2 Å². The Hall–Kier alpha value is -3.23. The van der Waals surface area contributed by atoms with Gasteiger partial charge in [-0.25, -0.2) is 0 Å². The normalized spacial score (nSPS) is 10.8. The second-order valence-corrected chi connectivity index (χ2v) is 4.80. The van der Waals surface area contributed by atoms with Crippen molar-refractivity contribution in [1.82, 2.24) is 19.7 Å². The molecular formula is C13H12N6O3. The molecule has 0 fully saturated rings. The number of anilines is 1. The topological polar surface area (TPSA) is 119 Å². The van der Waals surface area contributed by atoms with Gasteiger partial charge in [0.1, 0.15) is 6.54 Å². The largest absolute Gasteiger partial charge is 0.490 e. The Kier molecular flexibility index (Phi) is 3.30. The highest BCUT2D eigenvalue weighted by atomic mass is 16.6. The number of aryl methyl sites for hydroxylation is 1. The smallest absolute Gasteiger partial charge is 0.390 e. The first-order valence-electron chi connectivity index (χ1n) is 6.44. The maximum absolute atomic E-state index is 11.9. The number of aromatic amines is 1. The Morgan fingerprint density at radius 1 is 1.45 bits per heavy atom. The number of nitrogens with zero attached hydrogens (tertiary/aromatic N) is 4. The molecule has 1 amide bonds. The average molecular weight is 300 g/mol. The molecule has 0 saturated heterocycles. The molecule has 0 spiro atoms. The summed E-state index contributed by atoms with van der Waals surface area (Å²) < 4.78 is 1.12. The fourth-order valence-electron chi connectivity index (χ4n) is 2.15. The van der Waals surface area contributed by atoms with E-state index in [1.54, 1.807) is 6.07 Å². The first-order chi connectivity index (χ1) is 10.5. The van der Waals surface area contributed by atoms with Gasteiger partial charge in [-0.2, -0.15) is 4.68 Å². The molecule has 3 rings (SSSR count). The highest BCUT2D eigenvalue weighted by Crippen LogP contribution is 2.19. The van der Waals surface area contributed by atoms with E-state index in [0.717, 1.165) is 27.6 Å². The number of nitrogens with one attached hydrogen (secondary N) is 2. The number of H-pyrrole nitrogens is 1. The fraction of sp³-hybridized carbons (Fsp3) is 0.154. The van der Waals surface area contributed by atoms with Gasteiger partial charge in [0.15, 0.2) is 0 Å². The van der Waals surface area contributed by atoms with Crippen molar-refractivity contribution in [1.29, 1.82) is 0 Å². The minimum Gasteiger partial charge on any atom is -0.390 e. The van der Waals surface area contributed by atoms with E-state index in [2.05, 4.69) is 20.4 Å². The van der Waals surface area contributed by atoms with Gasteiger partial charge in [-0.15, -0.1) is 0 Å². The van der Waals surface area contributed by atoms with E-state index in [1.807, 2.05) is 25.1 Å². The quantitative estimate of drug-likeness (QED) is 0.560. The summed E-state index contributed by atoms with van der Waals surface area (Å²) in [6, 6.07) is 7.48. The standard InChI is InChI=1S/C13H12N6O3/c1-8-4-9-5-10(2-3-11(9)15-8)16-12(20)6-18-7-14-13(17-18)19(21)22/h2-5,7,15H,6H2,1H3,(H,16,20). The number of rotatable bonds is 4. The summed E-state index contributed by atoms with van der Waals surface area (Å²) in [6.07, 6.45) is 1.15. The minimum absolute atomic E-state index is 0.148. The molecule has 9 heteroatoms. The van der Waals surface area contributed by atoms with Crippen LogP contribution >= 0.6 is 0 Å². The third-order valence-corrected chi connectivity index (χ3v) is 3.03. The lowest BCUT2D eigenvalue weighted by molar-refractivity contribution is -0.394. The van der Waals surface area contributed by atoms with Crippen LogP contribution in [-0.4, -0.2) is 30.6 Å². The molecule has 0 unspecified atom stereocenters. The van der Waals surface area contributed by atoms with E-state index in [-0.39, 0.29) is 12.5 Å². The molecule has 2 heterocycles. The van der Waals surface area contributed by atoms with Crippen LogP contribution in [0.4, 0.5) is 11.6 Å². The number of nitro groups is 1. The SMILES string of the molecule is Cc1cc2cc(NC(=O)Cn3cnc([N+](=O)[O-])n3)ccc2[nH]1. The van der Waals surface area contributed by atoms with Crippen molar-refractivity contribution in [3.8, 4) is 0 Å².